The quantitative estimate of drug-likeness (QED) is 0.615. The number of sulfonamides is 1. The molecule has 0 saturated heterocycles. The third kappa shape index (κ3) is 5.17. The Morgan fingerprint density at radius 2 is 1.84 bits per heavy atom. The van der Waals surface area contributed by atoms with Gasteiger partial charge in [-0.15, -0.1) is 6.58 Å². The highest BCUT2D eigenvalue weighted by Crippen LogP contribution is 2.18. The van der Waals surface area contributed by atoms with E-state index in [0.717, 1.165) is 24.8 Å². The summed E-state index contributed by atoms with van der Waals surface area (Å²) in [5.74, 6) is 0. The second-order valence-electron chi connectivity index (χ2n) is 5.48. The number of nitrogens with one attached hydrogen (secondary N) is 1. The number of hydrogen-bond acceptors (Lipinski definition) is 2. The highest BCUT2D eigenvalue weighted by atomic mass is 32.2. The molecular weight excluding hydrogens is 258 g/mol. The number of hydrogen-bond donors (Lipinski definition) is 1. The predicted molar refractivity (Wildman–Crippen MR) is 79.6 cm³/mol. The van der Waals surface area contributed by atoms with Crippen molar-refractivity contribution in [2.24, 2.45) is 0 Å². The van der Waals surface area contributed by atoms with E-state index in [-0.39, 0.29) is 0 Å². The first-order chi connectivity index (χ1) is 8.77. The van der Waals surface area contributed by atoms with Crippen LogP contribution in [0.25, 0.3) is 0 Å². The van der Waals surface area contributed by atoms with Crippen molar-refractivity contribution in [2.75, 3.05) is 0 Å². The van der Waals surface area contributed by atoms with Crippen LogP contribution in [0.3, 0.4) is 0 Å². The van der Waals surface area contributed by atoms with E-state index in [2.05, 4.69) is 11.3 Å². The lowest BCUT2D eigenvalue weighted by atomic mass is 9.99. The minimum atomic E-state index is -3.45. The SMILES string of the molecule is C=CCCCC(C)(C)NS(=O)(=O)c1ccc(C)cc1. The number of aryl methyl sites for hydroxylation is 1. The summed E-state index contributed by atoms with van der Waals surface area (Å²) >= 11 is 0. The normalized spacial score (nSPS) is 12.4. The van der Waals surface area contributed by atoms with Gasteiger partial charge in [-0.05, 0) is 52.2 Å². The molecule has 4 heteroatoms. The summed E-state index contributed by atoms with van der Waals surface area (Å²) in [4.78, 5) is 0.315. The molecule has 0 fully saturated rings. The van der Waals surface area contributed by atoms with Gasteiger partial charge in [0.05, 0.1) is 4.90 Å². The monoisotopic (exact) mass is 281 g/mol. The van der Waals surface area contributed by atoms with Crippen molar-refractivity contribution >= 4 is 10.0 Å². The molecule has 0 aliphatic carbocycles. The average molecular weight is 281 g/mol. The van der Waals surface area contributed by atoms with Crippen LogP contribution in [0.5, 0.6) is 0 Å². The highest BCUT2D eigenvalue weighted by molar-refractivity contribution is 7.89. The molecule has 0 atom stereocenters. The zero-order valence-corrected chi connectivity index (χ0v) is 12.8. The van der Waals surface area contributed by atoms with Gasteiger partial charge in [0, 0.05) is 5.54 Å². The molecule has 0 spiro atoms. The Labute approximate surface area is 116 Å². The van der Waals surface area contributed by atoms with E-state index >= 15 is 0 Å². The van der Waals surface area contributed by atoms with Gasteiger partial charge in [-0.25, -0.2) is 13.1 Å². The second kappa shape index (κ2) is 6.35. The van der Waals surface area contributed by atoms with E-state index in [1.165, 1.54) is 0 Å². The van der Waals surface area contributed by atoms with E-state index in [0.29, 0.717) is 4.90 Å². The summed E-state index contributed by atoms with van der Waals surface area (Å²) < 4.78 is 27.3. The van der Waals surface area contributed by atoms with Crippen molar-refractivity contribution in [1.29, 1.82) is 0 Å². The van der Waals surface area contributed by atoms with Gasteiger partial charge >= 0.3 is 0 Å². The molecule has 0 bridgehead atoms. The fraction of sp³-hybridized carbons (Fsp3) is 0.467. The van der Waals surface area contributed by atoms with Crippen LogP contribution in [-0.4, -0.2) is 14.0 Å². The van der Waals surface area contributed by atoms with Crippen LogP contribution >= 0.6 is 0 Å². The number of benzene rings is 1. The highest BCUT2D eigenvalue weighted by Gasteiger charge is 2.25. The molecule has 19 heavy (non-hydrogen) atoms. The first kappa shape index (κ1) is 15.9. The molecule has 0 amide bonds. The standard InChI is InChI=1S/C15H23NO2S/c1-5-6-7-12-15(3,4)16-19(17,18)14-10-8-13(2)9-11-14/h5,8-11,16H,1,6-7,12H2,2-4H3. The lowest BCUT2D eigenvalue weighted by Crippen LogP contribution is -2.43. The summed E-state index contributed by atoms with van der Waals surface area (Å²) in [6.45, 7) is 9.41. The zero-order chi connectivity index (χ0) is 14.5. The molecule has 1 N–H and O–H groups in total. The third-order valence-electron chi connectivity index (χ3n) is 2.95. The van der Waals surface area contributed by atoms with Crippen LogP contribution in [-0.2, 0) is 10.0 Å². The first-order valence-electron chi connectivity index (χ1n) is 6.48. The van der Waals surface area contributed by atoms with Crippen molar-refractivity contribution in [1.82, 2.24) is 4.72 Å². The first-order valence-corrected chi connectivity index (χ1v) is 7.97. The topological polar surface area (TPSA) is 46.2 Å². The molecule has 0 heterocycles. The number of unbranched alkanes of at least 4 members (excludes halogenated alkanes) is 1. The van der Waals surface area contributed by atoms with Crippen LogP contribution in [0.2, 0.25) is 0 Å². The van der Waals surface area contributed by atoms with Crippen LogP contribution in [0.1, 0.15) is 38.7 Å². The molecule has 0 saturated carbocycles. The van der Waals surface area contributed by atoms with E-state index in [1.807, 2.05) is 26.8 Å². The van der Waals surface area contributed by atoms with E-state index in [9.17, 15) is 8.42 Å². The Morgan fingerprint density at radius 1 is 1.26 bits per heavy atom. The molecule has 106 valence electrons. The van der Waals surface area contributed by atoms with Crippen molar-refractivity contribution in [3.63, 3.8) is 0 Å². The molecule has 0 radical (unpaired) electrons. The molecule has 3 nitrogen and oxygen atoms in total. The van der Waals surface area contributed by atoms with Gasteiger partial charge in [0.1, 0.15) is 0 Å². The lowest BCUT2D eigenvalue weighted by molar-refractivity contribution is 0.411. The molecular formula is C15H23NO2S. The van der Waals surface area contributed by atoms with Crippen molar-refractivity contribution in [2.45, 2.75) is 50.5 Å². The maximum atomic E-state index is 12.3. The Hall–Kier alpha value is -1.13. The maximum absolute atomic E-state index is 12.3. The predicted octanol–water partition coefficient (Wildman–Crippen LogP) is 3.41. The van der Waals surface area contributed by atoms with E-state index < -0.39 is 15.6 Å². The molecule has 1 aromatic rings. The fourth-order valence-electron chi connectivity index (χ4n) is 1.88. The maximum Gasteiger partial charge on any atom is 0.241 e. The van der Waals surface area contributed by atoms with Gasteiger partial charge in [-0.3, -0.25) is 0 Å². The zero-order valence-electron chi connectivity index (χ0n) is 11.9. The Balaban J connectivity index is 2.78. The largest absolute Gasteiger partial charge is 0.241 e. The van der Waals surface area contributed by atoms with Crippen LogP contribution in [0.15, 0.2) is 41.8 Å². The molecule has 0 aliphatic heterocycles. The summed E-state index contributed by atoms with van der Waals surface area (Å²) in [6.07, 6.45) is 4.46. The van der Waals surface area contributed by atoms with Crippen LogP contribution in [0.4, 0.5) is 0 Å². The van der Waals surface area contributed by atoms with Crippen molar-refractivity contribution in [3.8, 4) is 0 Å². The molecule has 0 unspecified atom stereocenters. The average Bonchev–Trinajstić information content (AvgIpc) is 2.28. The van der Waals surface area contributed by atoms with Gasteiger partial charge in [0.2, 0.25) is 10.0 Å². The summed E-state index contributed by atoms with van der Waals surface area (Å²) in [5, 5.41) is 0. The Morgan fingerprint density at radius 3 is 2.37 bits per heavy atom. The summed E-state index contributed by atoms with van der Waals surface area (Å²) in [7, 11) is -3.45. The lowest BCUT2D eigenvalue weighted by Gasteiger charge is -2.25. The smallest absolute Gasteiger partial charge is 0.207 e. The number of allylic oxidation sites excluding steroid dienone is 1. The molecule has 0 aliphatic rings. The van der Waals surface area contributed by atoms with Crippen molar-refractivity contribution in [3.05, 3.63) is 42.5 Å². The Kier molecular flexibility index (Phi) is 5.32. The van der Waals surface area contributed by atoms with E-state index in [4.69, 9.17) is 0 Å². The van der Waals surface area contributed by atoms with Gasteiger partial charge < -0.3 is 0 Å². The molecule has 0 aromatic heterocycles. The fourth-order valence-corrected chi connectivity index (χ4v) is 3.32. The summed E-state index contributed by atoms with van der Waals surface area (Å²) in [6, 6.07) is 6.88. The van der Waals surface area contributed by atoms with Gasteiger partial charge in [0.15, 0.2) is 0 Å². The summed E-state index contributed by atoms with van der Waals surface area (Å²) in [5.41, 5.74) is 0.594. The minimum absolute atomic E-state index is 0.315. The van der Waals surface area contributed by atoms with Crippen LogP contribution < -0.4 is 4.72 Å². The van der Waals surface area contributed by atoms with Gasteiger partial charge in [-0.1, -0.05) is 23.8 Å². The van der Waals surface area contributed by atoms with Crippen molar-refractivity contribution < 1.29 is 8.42 Å². The molecule has 1 rings (SSSR count). The second-order valence-corrected chi connectivity index (χ2v) is 7.17. The van der Waals surface area contributed by atoms with Gasteiger partial charge in [0.25, 0.3) is 0 Å². The molecule has 1 aromatic carbocycles. The van der Waals surface area contributed by atoms with E-state index in [1.54, 1.807) is 24.3 Å². The number of rotatable bonds is 7. The minimum Gasteiger partial charge on any atom is -0.207 e. The third-order valence-corrected chi connectivity index (χ3v) is 4.67. The van der Waals surface area contributed by atoms with Gasteiger partial charge in [-0.2, -0.15) is 0 Å². The van der Waals surface area contributed by atoms with Crippen LogP contribution in [0, 0.1) is 6.92 Å². The Bertz CT molecular complexity index is 516.